The highest BCUT2D eigenvalue weighted by atomic mass is 35.5. The molecule has 0 radical (unpaired) electrons. The number of benzene rings is 1. The normalized spacial score (nSPS) is 17.3. The number of Topliss-reactive ketones (excluding diaryl/α,β-unsaturated/α-hetero) is 1. The molecule has 0 spiro atoms. The van der Waals surface area contributed by atoms with Crippen molar-refractivity contribution >= 4 is 47.1 Å². The van der Waals surface area contributed by atoms with Gasteiger partial charge in [-0.3, -0.25) is 24.0 Å². The van der Waals surface area contributed by atoms with Gasteiger partial charge in [0.05, 0.1) is 6.04 Å². The highest BCUT2D eigenvalue weighted by Crippen LogP contribution is 2.18. The van der Waals surface area contributed by atoms with E-state index >= 15 is 0 Å². The molecule has 11 heteroatoms. The van der Waals surface area contributed by atoms with Crippen molar-refractivity contribution < 1.29 is 28.4 Å². The number of hydrogen-bond donors (Lipinski definition) is 4. The summed E-state index contributed by atoms with van der Waals surface area (Å²) < 4.78 is 13.9. The van der Waals surface area contributed by atoms with E-state index in [1.165, 1.54) is 18.2 Å². The second kappa shape index (κ2) is 12.3. The molecule has 1 saturated heterocycles. The van der Waals surface area contributed by atoms with E-state index in [2.05, 4.69) is 16.0 Å². The van der Waals surface area contributed by atoms with E-state index in [0.29, 0.717) is 13.0 Å². The van der Waals surface area contributed by atoms with Gasteiger partial charge in [0.25, 0.3) is 5.91 Å². The lowest BCUT2D eigenvalue weighted by Crippen LogP contribution is -2.54. The van der Waals surface area contributed by atoms with Gasteiger partial charge in [-0.05, 0) is 43.4 Å². The van der Waals surface area contributed by atoms with Crippen LogP contribution >= 0.6 is 11.6 Å². The number of ketones is 1. The van der Waals surface area contributed by atoms with Gasteiger partial charge in [0.2, 0.25) is 23.5 Å². The zero-order valence-corrected chi connectivity index (χ0v) is 19.7. The van der Waals surface area contributed by atoms with Crippen LogP contribution in [0.15, 0.2) is 24.3 Å². The topological polar surface area (TPSA) is 147 Å². The maximum absolute atomic E-state index is 13.9. The zero-order chi connectivity index (χ0) is 25.4. The Hall–Kier alpha value is -3.27. The SMILES string of the molecule is CC(C)C[C@H](NC(=O)/C=C/c1ccc(Cl)cc1F)C(=O)NC(C[C@@H]1CCNC1=O)C(=O)C(N)=O. The van der Waals surface area contributed by atoms with Gasteiger partial charge in [-0.2, -0.15) is 0 Å². The first-order valence-corrected chi connectivity index (χ1v) is 11.2. The number of nitrogens with one attached hydrogen (secondary N) is 3. The first kappa shape index (κ1) is 27.0. The van der Waals surface area contributed by atoms with Crippen molar-refractivity contribution in [2.45, 2.75) is 45.2 Å². The Bertz CT molecular complexity index is 998. The second-order valence-corrected chi connectivity index (χ2v) is 8.93. The van der Waals surface area contributed by atoms with Crippen molar-refractivity contribution in [2.24, 2.45) is 17.6 Å². The van der Waals surface area contributed by atoms with Crippen molar-refractivity contribution in [3.8, 4) is 0 Å². The summed E-state index contributed by atoms with van der Waals surface area (Å²) in [6.07, 6.45) is 2.90. The number of hydrogen-bond acceptors (Lipinski definition) is 5. The molecule has 4 amide bonds. The molecule has 5 N–H and O–H groups in total. The zero-order valence-electron chi connectivity index (χ0n) is 18.9. The molecule has 2 rings (SSSR count). The highest BCUT2D eigenvalue weighted by Gasteiger charge is 2.34. The van der Waals surface area contributed by atoms with Gasteiger partial charge < -0.3 is 21.7 Å². The third-order valence-electron chi connectivity index (χ3n) is 5.28. The molecule has 1 aromatic carbocycles. The molecule has 1 aliphatic rings. The van der Waals surface area contributed by atoms with Gasteiger partial charge >= 0.3 is 0 Å². The maximum Gasteiger partial charge on any atom is 0.287 e. The van der Waals surface area contributed by atoms with Gasteiger partial charge in [0, 0.05) is 29.1 Å². The van der Waals surface area contributed by atoms with Gasteiger partial charge in [-0.15, -0.1) is 0 Å². The van der Waals surface area contributed by atoms with Crippen LogP contribution in [-0.4, -0.2) is 48.0 Å². The number of halogens is 2. The summed E-state index contributed by atoms with van der Waals surface area (Å²) >= 11 is 5.71. The lowest BCUT2D eigenvalue weighted by atomic mass is 9.94. The summed E-state index contributed by atoms with van der Waals surface area (Å²) in [5.41, 5.74) is 5.25. The summed E-state index contributed by atoms with van der Waals surface area (Å²) in [6.45, 7) is 4.10. The molecule has 1 unspecified atom stereocenters. The average Bonchev–Trinajstić information content (AvgIpc) is 3.15. The fraction of sp³-hybridized carbons (Fsp3) is 0.435. The first-order chi connectivity index (χ1) is 16.0. The van der Waals surface area contributed by atoms with Crippen molar-refractivity contribution in [1.29, 1.82) is 0 Å². The van der Waals surface area contributed by atoms with E-state index in [0.717, 1.165) is 12.1 Å². The van der Waals surface area contributed by atoms with Gasteiger partial charge in [-0.25, -0.2) is 4.39 Å². The molecule has 0 bridgehead atoms. The van der Waals surface area contributed by atoms with Crippen LogP contribution in [0.3, 0.4) is 0 Å². The molecule has 1 fully saturated rings. The third-order valence-corrected chi connectivity index (χ3v) is 5.51. The van der Waals surface area contributed by atoms with Crippen LogP contribution in [-0.2, 0) is 24.0 Å². The van der Waals surface area contributed by atoms with Crippen LogP contribution in [0, 0.1) is 17.7 Å². The summed E-state index contributed by atoms with van der Waals surface area (Å²) in [5, 5.41) is 7.83. The van der Waals surface area contributed by atoms with Gasteiger partial charge in [0.15, 0.2) is 0 Å². The molecular formula is C23H28ClFN4O5. The predicted octanol–water partition coefficient (Wildman–Crippen LogP) is 1.09. The molecule has 34 heavy (non-hydrogen) atoms. The highest BCUT2D eigenvalue weighted by molar-refractivity contribution is 6.38. The van der Waals surface area contributed by atoms with Crippen molar-refractivity contribution in [1.82, 2.24) is 16.0 Å². The molecule has 1 aromatic rings. The number of amides is 4. The van der Waals surface area contributed by atoms with Crippen LogP contribution in [0.25, 0.3) is 6.08 Å². The molecule has 0 aliphatic carbocycles. The largest absolute Gasteiger partial charge is 0.363 e. The molecule has 3 atom stereocenters. The first-order valence-electron chi connectivity index (χ1n) is 10.8. The molecular weight excluding hydrogens is 467 g/mol. The Kier molecular flexibility index (Phi) is 9.73. The fourth-order valence-electron chi connectivity index (χ4n) is 3.55. The van der Waals surface area contributed by atoms with E-state index in [-0.39, 0.29) is 35.3 Å². The number of rotatable bonds is 11. The minimum atomic E-state index is -1.30. The summed E-state index contributed by atoms with van der Waals surface area (Å²) in [4.78, 5) is 61.0. The van der Waals surface area contributed by atoms with Crippen LogP contribution in [0.4, 0.5) is 4.39 Å². The van der Waals surface area contributed by atoms with Crippen LogP contribution in [0.2, 0.25) is 5.02 Å². The fourth-order valence-corrected chi connectivity index (χ4v) is 3.71. The summed E-state index contributed by atoms with van der Waals surface area (Å²) in [7, 11) is 0. The van der Waals surface area contributed by atoms with Crippen molar-refractivity contribution in [3.63, 3.8) is 0 Å². The average molecular weight is 495 g/mol. The number of nitrogens with two attached hydrogens (primary N) is 1. The standard InChI is InChI=1S/C23H28ClFN4O5/c1-12(2)9-18(28-19(30)6-4-13-3-5-15(24)11-16(13)25)23(34)29-17(20(31)21(26)32)10-14-7-8-27-22(14)33/h3-6,11-12,14,17-18H,7-10H2,1-2H3,(H2,26,32)(H,27,33)(H,28,30)(H,29,34)/b6-4+/t14-,17?,18-/m0/s1. The number of carbonyl (C=O) groups is 5. The van der Waals surface area contributed by atoms with E-state index in [1.807, 2.05) is 13.8 Å². The third kappa shape index (κ3) is 7.95. The monoisotopic (exact) mass is 494 g/mol. The van der Waals surface area contributed by atoms with Crippen LogP contribution in [0.1, 0.15) is 38.7 Å². The Morgan fingerprint density at radius 1 is 1.24 bits per heavy atom. The lowest BCUT2D eigenvalue weighted by Gasteiger charge is -2.24. The number of primary amides is 1. The second-order valence-electron chi connectivity index (χ2n) is 8.49. The van der Waals surface area contributed by atoms with Gasteiger partial charge in [-0.1, -0.05) is 31.5 Å². The predicted molar refractivity (Wildman–Crippen MR) is 124 cm³/mol. The van der Waals surface area contributed by atoms with Crippen LogP contribution < -0.4 is 21.7 Å². The Labute approximate surface area is 201 Å². The quantitative estimate of drug-likeness (QED) is 0.268. The molecule has 1 aliphatic heterocycles. The maximum atomic E-state index is 13.9. The lowest BCUT2D eigenvalue weighted by molar-refractivity contribution is -0.139. The van der Waals surface area contributed by atoms with E-state index in [4.69, 9.17) is 17.3 Å². The Morgan fingerprint density at radius 2 is 1.94 bits per heavy atom. The van der Waals surface area contributed by atoms with Gasteiger partial charge in [0.1, 0.15) is 11.9 Å². The molecule has 184 valence electrons. The Morgan fingerprint density at radius 3 is 2.50 bits per heavy atom. The van der Waals surface area contributed by atoms with E-state index in [1.54, 1.807) is 0 Å². The van der Waals surface area contributed by atoms with Crippen LogP contribution in [0.5, 0.6) is 0 Å². The Balaban J connectivity index is 2.12. The summed E-state index contributed by atoms with van der Waals surface area (Å²) in [5.74, 6) is -5.08. The van der Waals surface area contributed by atoms with E-state index in [9.17, 15) is 28.4 Å². The molecule has 0 aromatic heterocycles. The minimum Gasteiger partial charge on any atom is -0.363 e. The van der Waals surface area contributed by atoms with Crippen molar-refractivity contribution in [2.75, 3.05) is 6.54 Å². The smallest absolute Gasteiger partial charge is 0.287 e. The number of carbonyl (C=O) groups excluding carboxylic acids is 5. The van der Waals surface area contributed by atoms with E-state index < -0.39 is 47.3 Å². The summed E-state index contributed by atoms with van der Waals surface area (Å²) in [6, 6.07) is 1.63. The molecule has 9 nitrogen and oxygen atoms in total. The minimum absolute atomic E-state index is 0.0142. The molecule has 1 heterocycles. The molecule has 0 saturated carbocycles. The van der Waals surface area contributed by atoms with Crippen molar-refractivity contribution in [3.05, 3.63) is 40.7 Å².